The van der Waals surface area contributed by atoms with Crippen LogP contribution in [0.3, 0.4) is 0 Å². The molecule has 0 spiro atoms. The Hall–Kier alpha value is -3.35. The number of hydrogen-bond donors (Lipinski definition) is 4. The van der Waals surface area contributed by atoms with Gasteiger partial charge in [-0.05, 0) is 42.8 Å². The maximum Gasteiger partial charge on any atom is 0.314 e. The zero-order valence-electron chi connectivity index (χ0n) is 12.3. The number of carbonyl (C=O) groups is 2. The average molecular weight is 310 g/mol. The number of nitrogens with one attached hydrogen (secondary N) is 3. The first-order valence-electron chi connectivity index (χ1n) is 6.88. The number of rotatable bonds is 2. The minimum atomic E-state index is -0.867. The molecule has 7 nitrogen and oxygen atoms in total. The molecule has 2 amide bonds. The third kappa shape index (κ3) is 3.13. The summed E-state index contributed by atoms with van der Waals surface area (Å²) in [6.07, 6.45) is 1.66. The molecule has 0 saturated heterocycles. The smallest absolute Gasteiger partial charge is 0.314 e. The number of aromatic hydroxyl groups is 1. The van der Waals surface area contributed by atoms with Crippen molar-refractivity contribution in [2.45, 2.75) is 6.92 Å². The topological polar surface area (TPSA) is 107 Å². The molecular weight excluding hydrogens is 296 g/mol. The molecule has 3 aromatic rings. The summed E-state index contributed by atoms with van der Waals surface area (Å²) < 4.78 is 0. The number of carbonyl (C=O) groups excluding carboxylic acids is 2. The molecule has 7 heteroatoms. The number of anilines is 2. The van der Waals surface area contributed by atoms with E-state index in [0.717, 1.165) is 16.5 Å². The highest BCUT2D eigenvalue weighted by Crippen LogP contribution is 2.24. The minimum absolute atomic E-state index is 0.0926. The maximum absolute atomic E-state index is 11.9. The van der Waals surface area contributed by atoms with E-state index in [9.17, 15) is 14.7 Å². The van der Waals surface area contributed by atoms with Crippen molar-refractivity contribution in [2.75, 3.05) is 10.6 Å². The summed E-state index contributed by atoms with van der Waals surface area (Å²) in [5.41, 5.74) is 2.24. The standard InChI is InChI=1S/C16H14N4O3/c1-9-2-5-12(14(21)6-9)19-16(23)15(22)18-11-4-3-10-8-17-20-13(10)7-11/h2-8,21H,1H3,(H,17,20)(H,18,22)(H,19,23). The van der Waals surface area contributed by atoms with Gasteiger partial charge in [0.2, 0.25) is 0 Å². The fourth-order valence-corrected chi connectivity index (χ4v) is 2.13. The molecular formula is C16H14N4O3. The van der Waals surface area contributed by atoms with Gasteiger partial charge in [0.15, 0.2) is 0 Å². The highest BCUT2D eigenvalue weighted by molar-refractivity contribution is 6.43. The summed E-state index contributed by atoms with van der Waals surface area (Å²) in [7, 11) is 0. The molecule has 0 aliphatic heterocycles. The predicted molar refractivity (Wildman–Crippen MR) is 86.2 cm³/mol. The molecule has 0 bridgehead atoms. The van der Waals surface area contributed by atoms with Crippen molar-refractivity contribution in [3.05, 3.63) is 48.2 Å². The van der Waals surface area contributed by atoms with Crippen molar-refractivity contribution in [2.24, 2.45) is 0 Å². The molecule has 1 aromatic heterocycles. The number of benzene rings is 2. The van der Waals surface area contributed by atoms with E-state index in [1.165, 1.54) is 12.1 Å². The van der Waals surface area contributed by atoms with Crippen molar-refractivity contribution in [1.82, 2.24) is 10.2 Å². The van der Waals surface area contributed by atoms with Crippen LogP contribution in [0, 0.1) is 6.92 Å². The highest BCUT2D eigenvalue weighted by atomic mass is 16.3. The SMILES string of the molecule is Cc1ccc(NC(=O)C(=O)Nc2ccc3cn[nH]c3c2)c(O)c1. The maximum atomic E-state index is 11.9. The van der Waals surface area contributed by atoms with Gasteiger partial charge in [-0.2, -0.15) is 5.10 Å². The van der Waals surface area contributed by atoms with Gasteiger partial charge in [-0.3, -0.25) is 14.7 Å². The van der Waals surface area contributed by atoms with E-state index in [4.69, 9.17) is 0 Å². The van der Waals surface area contributed by atoms with Crippen molar-refractivity contribution < 1.29 is 14.7 Å². The molecule has 2 aromatic carbocycles. The molecule has 23 heavy (non-hydrogen) atoms. The Morgan fingerprint density at radius 2 is 1.87 bits per heavy atom. The lowest BCUT2D eigenvalue weighted by Crippen LogP contribution is -2.29. The third-order valence-electron chi connectivity index (χ3n) is 3.31. The molecule has 0 aliphatic carbocycles. The van der Waals surface area contributed by atoms with Gasteiger partial charge in [-0.25, -0.2) is 0 Å². The van der Waals surface area contributed by atoms with Gasteiger partial charge in [-0.15, -0.1) is 0 Å². The quantitative estimate of drug-likeness (QED) is 0.430. The van der Waals surface area contributed by atoms with Crippen molar-refractivity contribution in [3.8, 4) is 5.75 Å². The number of amides is 2. The molecule has 0 unspecified atom stereocenters. The molecule has 0 atom stereocenters. The van der Waals surface area contributed by atoms with Gasteiger partial charge in [0.25, 0.3) is 0 Å². The summed E-state index contributed by atoms with van der Waals surface area (Å²) >= 11 is 0. The van der Waals surface area contributed by atoms with Gasteiger partial charge in [-0.1, -0.05) is 6.07 Å². The van der Waals surface area contributed by atoms with Crippen LogP contribution in [-0.2, 0) is 9.59 Å². The summed E-state index contributed by atoms with van der Waals surface area (Å²) in [5.74, 6) is -1.79. The predicted octanol–water partition coefficient (Wildman–Crippen LogP) is 2.15. The van der Waals surface area contributed by atoms with Crippen LogP contribution in [0.15, 0.2) is 42.6 Å². The average Bonchev–Trinajstić information content (AvgIpc) is 2.97. The lowest BCUT2D eigenvalue weighted by Gasteiger charge is -2.08. The second kappa shape index (κ2) is 5.80. The normalized spacial score (nSPS) is 10.5. The Kier molecular flexibility index (Phi) is 3.68. The molecule has 3 rings (SSSR count). The zero-order chi connectivity index (χ0) is 16.4. The molecule has 0 radical (unpaired) electrons. The Morgan fingerprint density at radius 1 is 1.09 bits per heavy atom. The van der Waals surface area contributed by atoms with Crippen LogP contribution in [0.4, 0.5) is 11.4 Å². The minimum Gasteiger partial charge on any atom is -0.506 e. The van der Waals surface area contributed by atoms with Crippen molar-refractivity contribution in [1.29, 1.82) is 0 Å². The number of aromatic nitrogens is 2. The number of hydrogen-bond acceptors (Lipinski definition) is 4. The van der Waals surface area contributed by atoms with Gasteiger partial charge in [0.1, 0.15) is 5.75 Å². The van der Waals surface area contributed by atoms with E-state index in [1.807, 2.05) is 6.92 Å². The Bertz CT molecular complexity index is 901. The van der Waals surface area contributed by atoms with E-state index in [2.05, 4.69) is 20.8 Å². The molecule has 4 N–H and O–H groups in total. The molecule has 0 aliphatic rings. The number of phenols is 1. The van der Waals surface area contributed by atoms with Crippen molar-refractivity contribution in [3.63, 3.8) is 0 Å². The lowest BCUT2D eigenvalue weighted by atomic mass is 10.2. The van der Waals surface area contributed by atoms with Crippen LogP contribution in [0.2, 0.25) is 0 Å². The van der Waals surface area contributed by atoms with E-state index >= 15 is 0 Å². The summed E-state index contributed by atoms with van der Waals surface area (Å²) in [5, 5.41) is 22.2. The molecule has 1 heterocycles. The van der Waals surface area contributed by atoms with Crippen molar-refractivity contribution >= 4 is 34.1 Å². The Balaban J connectivity index is 1.70. The number of aromatic amines is 1. The third-order valence-corrected chi connectivity index (χ3v) is 3.31. The van der Waals surface area contributed by atoms with Gasteiger partial charge in [0.05, 0.1) is 17.4 Å². The van der Waals surface area contributed by atoms with Crippen LogP contribution < -0.4 is 10.6 Å². The van der Waals surface area contributed by atoms with Crippen LogP contribution >= 0.6 is 0 Å². The van der Waals surface area contributed by atoms with E-state index in [1.54, 1.807) is 30.5 Å². The fraction of sp³-hybridized carbons (Fsp3) is 0.0625. The first-order valence-corrected chi connectivity index (χ1v) is 6.88. The first-order chi connectivity index (χ1) is 11.0. The zero-order valence-corrected chi connectivity index (χ0v) is 12.3. The van der Waals surface area contributed by atoms with Crippen LogP contribution in [0.5, 0.6) is 5.75 Å². The fourth-order valence-electron chi connectivity index (χ4n) is 2.13. The second-order valence-electron chi connectivity index (χ2n) is 5.10. The Morgan fingerprint density at radius 3 is 2.65 bits per heavy atom. The first kappa shape index (κ1) is 14.6. The summed E-state index contributed by atoms with van der Waals surface area (Å²) in [6.45, 7) is 1.81. The largest absolute Gasteiger partial charge is 0.506 e. The number of H-pyrrole nitrogens is 1. The monoisotopic (exact) mass is 310 g/mol. The van der Waals surface area contributed by atoms with Crippen LogP contribution in [-0.4, -0.2) is 27.1 Å². The van der Waals surface area contributed by atoms with E-state index in [0.29, 0.717) is 5.69 Å². The summed E-state index contributed by atoms with van der Waals surface area (Å²) in [6, 6.07) is 9.88. The molecule has 0 fully saturated rings. The second-order valence-corrected chi connectivity index (χ2v) is 5.10. The van der Waals surface area contributed by atoms with Crippen LogP contribution in [0.1, 0.15) is 5.56 Å². The molecule has 116 valence electrons. The van der Waals surface area contributed by atoms with Gasteiger partial charge in [0, 0.05) is 11.1 Å². The highest BCUT2D eigenvalue weighted by Gasteiger charge is 2.16. The van der Waals surface area contributed by atoms with Gasteiger partial charge < -0.3 is 15.7 Å². The number of aryl methyl sites for hydroxylation is 1. The molecule has 0 saturated carbocycles. The van der Waals surface area contributed by atoms with Crippen LogP contribution in [0.25, 0.3) is 10.9 Å². The number of phenolic OH excluding ortho intramolecular Hbond substituents is 1. The number of fused-ring (bicyclic) bond motifs is 1. The van der Waals surface area contributed by atoms with E-state index in [-0.39, 0.29) is 11.4 Å². The lowest BCUT2D eigenvalue weighted by molar-refractivity contribution is -0.133. The Labute approximate surface area is 131 Å². The van der Waals surface area contributed by atoms with E-state index < -0.39 is 11.8 Å². The van der Waals surface area contributed by atoms with Gasteiger partial charge >= 0.3 is 11.8 Å². The number of nitrogens with zero attached hydrogens (tertiary/aromatic N) is 1. The summed E-state index contributed by atoms with van der Waals surface area (Å²) in [4.78, 5) is 23.9.